The van der Waals surface area contributed by atoms with Crippen LogP contribution in [0.15, 0.2) is 30.5 Å². The molecule has 1 saturated heterocycles. The van der Waals surface area contributed by atoms with Crippen molar-refractivity contribution in [2.75, 3.05) is 18.4 Å². The predicted molar refractivity (Wildman–Crippen MR) is 143 cm³/mol. The second-order valence-electron chi connectivity index (χ2n) is 9.83. The lowest BCUT2D eigenvalue weighted by Crippen LogP contribution is -2.86. The number of hydrogen-bond donors (Lipinski definition) is 2. The first kappa shape index (κ1) is 24.5. The zero-order chi connectivity index (χ0) is 24.2. The normalized spacial score (nSPS) is 17.6. The third kappa shape index (κ3) is 5.50. The molecule has 2 fully saturated rings. The lowest BCUT2D eigenvalue weighted by atomic mass is 9.96. The van der Waals surface area contributed by atoms with E-state index in [0.29, 0.717) is 28.0 Å². The molecule has 1 saturated carbocycles. The van der Waals surface area contributed by atoms with E-state index in [1.807, 2.05) is 30.5 Å². The van der Waals surface area contributed by atoms with Crippen molar-refractivity contribution in [2.45, 2.75) is 76.8 Å². The van der Waals surface area contributed by atoms with Crippen molar-refractivity contribution in [2.24, 2.45) is 0 Å². The molecule has 6 nitrogen and oxygen atoms in total. The van der Waals surface area contributed by atoms with Gasteiger partial charge in [0.1, 0.15) is 5.82 Å². The van der Waals surface area contributed by atoms with E-state index in [-0.39, 0.29) is 0 Å². The van der Waals surface area contributed by atoms with E-state index in [0.717, 1.165) is 67.4 Å². The summed E-state index contributed by atoms with van der Waals surface area (Å²) in [7, 11) is 0. The molecule has 0 spiro atoms. The van der Waals surface area contributed by atoms with Crippen LogP contribution in [0.25, 0.3) is 22.6 Å². The molecule has 3 heterocycles. The highest BCUT2D eigenvalue weighted by Crippen LogP contribution is 2.38. The maximum Gasteiger partial charge on any atom is 0.223 e. The van der Waals surface area contributed by atoms with Crippen molar-refractivity contribution in [1.82, 2.24) is 19.5 Å². The summed E-state index contributed by atoms with van der Waals surface area (Å²) < 4.78 is 2.40. The van der Waals surface area contributed by atoms with E-state index in [9.17, 15) is 0 Å². The van der Waals surface area contributed by atoms with Gasteiger partial charge in [0.15, 0.2) is 0 Å². The van der Waals surface area contributed by atoms with Gasteiger partial charge < -0.3 is 15.2 Å². The maximum absolute atomic E-state index is 6.45. The average Bonchev–Trinajstić information content (AvgIpc) is 3.26. The Bertz CT molecular complexity index is 1150. The van der Waals surface area contributed by atoms with Crippen molar-refractivity contribution in [3.05, 3.63) is 46.3 Å². The van der Waals surface area contributed by atoms with Gasteiger partial charge in [-0.05, 0) is 37.5 Å². The van der Waals surface area contributed by atoms with Crippen LogP contribution in [0.4, 0.5) is 5.95 Å². The van der Waals surface area contributed by atoms with Crippen molar-refractivity contribution in [3.63, 3.8) is 0 Å². The van der Waals surface area contributed by atoms with E-state index in [4.69, 9.17) is 33.2 Å². The van der Waals surface area contributed by atoms with Gasteiger partial charge in [-0.2, -0.15) is 0 Å². The average molecular weight is 515 g/mol. The van der Waals surface area contributed by atoms with Crippen LogP contribution in [0.5, 0.6) is 0 Å². The van der Waals surface area contributed by atoms with E-state index in [1.165, 1.54) is 32.1 Å². The molecule has 1 aliphatic heterocycles. The zero-order valence-corrected chi connectivity index (χ0v) is 22.0. The van der Waals surface area contributed by atoms with Crippen LogP contribution in [0, 0.1) is 0 Å². The number of aromatic nitrogens is 4. The molecule has 5 rings (SSSR count). The molecule has 3 N–H and O–H groups in total. The van der Waals surface area contributed by atoms with E-state index in [2.05, 4.69) is 27.1 Å². The Labute approximate surface area is 217 Å². The third-order valence-electron chi connectivity index (χ3n) is 7.28. The number of nitrogens with one attached hydrogen (secondary N) is 1. The third-order valence-corrected chi connectivity index (χ3v) is 8.02. The minimum absolute atomic E-state index is 0.447. The van der Waals surface area contributed by atoms with Gasteiger partial charge in [0.25, 0.3) is 0 Å². The summed E-state index contributed by atoms with van der Waals surface area (Å²) in [4.78, 5) is 14.9. The monoisotopic (exact) mass is 513 g/mol. The number of hydrogen-bond acceptors (Lipinski definition) is 4. The molecular formula is C27H35Cl2N6+. The fourth-order valence-corrected chi connectivity index (χ4v) is 5.81. The summed E-state index contributed by atoms with van der Waals surface area (Å²) in [5.74, 6) is 2.31. The number of quaternary nitrogens is 1. The summed E-state index contributed by atoms with van der Waals surface area (Å²) in [6, 6.07) is 8.24. The van der Waals surface area contributed by atoms with Gasteiger partial charge in [-0.1, -0.05) is 55.5 Å². The first-order chi connectivity index (χ1) is 17.1. The van der Waals surface area contributed by atoms with Gasteiger partial charge in [-0.3, -0.25) is 0 Å². The van der Waals surface area contributed by atoms with Gasteiger partial charge in [0.2, 0.25) is 5.95 Å². The number of piperidine rings is 1. The van der Waals surface area contributed by atoms with Crippen LogP contribution in [0.2, 0.25) is 10.0 Å². The SMILES string of the molecule is CCCn1c(C2CC[NH2+]CC2)nc(-c2ccc(Cl)c(Cl)c2)c1-c1ccnc(NC2CCCCC2)n1. The highest BCUT2D eigenvalue weighted by Gasteiger charge is 2.28. The maximum atomic E-state index is 6.45. The van der Waals surface area contributed by atoms with E-state index < -0.39 is 0 Å². The quantitative estimate of drug-likeness (QED) is 0.411. The van der Waals surface area contributed by atoms with Crippen LogP contribution >= 0.6 is 23.2 Å². The van der Waals surface area contributed by atoms with Gasteiger partial charge in [-0.15, -0.1) is 0 Å². The largest absolute Gasteiger partial charge is 0.351 e. The number of nitrogens with zero attached hydrogens (tertiary/aromatic N) is 4. The number of rotatable bonds is 7. The van der Waals surface area contributed by atoms with Crippen LogP contribution in [-0.2, 0) is 6.54 Å². The Morgan fingerprint density at radius 1 is 1.00 bits per heavy atom. The van der Waals surface area contributed by atoms with Gasteiger partial charge in [-0.25, -0.2) is 15.0 Å². The standard InChI is InChI=1S/C27H34Cl2N6/c1-2-16-35-25(23-12-15-31-27(33-23)32-20-6-4-3-5-7-20)24(19-8-9-21(28)22(29)17-19)34-26(35)18-10-13-30-14-11-18/h8-9,12,15,17-18,20,30H,2-7,10-11,13-14,16H2,1H3,(H,31,32,33)/p+1. The smallest absolute Gasteiger partial charge is 0.223 e. The van der Waals surface area contributed by atoms with Gasteiger partial charge >= 0.3 is 0 Å². The Morgan fingerprint density at radius 2 is 1.80 bits per heavy atom. The molecule has 0 amide bonds. The van der Waals surface area contributed by atoms with Gasteiger partial charge in [0, 0.05) is 43.1 Å². The van der Waals surface area contributed by atoms with Crippen molar-refractivity contribution in [3.8, 4) is 22.6 Å². The fraction of sp³-hybridized carbons (Fsp3) is 0.519. The molecule has 3 aromatic rings. The minimum Gasteiger partial charge on any atom is -0.351 e. The summed E-state index contributed by atoms with van der Waals surface area (Å²) >= 11 is 12.7. The lowest BCUT2D eigenvalue weighted by molar-refractivity contribution is -0.663. The Kier molecular flexibility index (Phi) is 7.91. The number of benzene rings is 1. The molecule has 0 atom stereocenters. The van der Waals surface area contributed by atoms with Crippen LogP contribution in [-0.4, -0.2) is 38.7 Å². The topological polar surface area (TPSA) is 72.2 Å². The number of nitrogens with two attached hydrogens (primary N) is 1. The Morgan fingerprint density at radius 3 is 2.54 bits per heavy atom. The molecule has 0 radical (unpaired) electrons. The molecule has 35 heavy (non-hydrogen) atoms. The molecular weight excluding hydrogens is 479 g/mol. The van der Waals surface area contributed by atoms with Gasteiger partial charge in [0.05, 0.1) is 40.2 Å². The summed E-state index contributed by atoms with van der Waals surface area (Å²) in [6.07, 6.45) is 11.4. The molecule has 2 aromatic heterocycles. The molecule has 1 aromatic carbocycles. The summed E-state index contributed by atoms with van der Waals surface area (Å²) in [5, 5.41) is 7.08. The number of anilines is 1. The Hall–Kier alpha value is -2.15. The molecule has 186 valence electrons. The number of halogens is 2. The first-order valence-corrected chi connectivity index (χ1v) is 13.9. The highest BCUT2D eigenvalue weighted by atomic mass is 35.5. The first-order valence-electron chi connectivity index (χ1n) is 13.1. The van der Waals surface area contributed by atoms with Crippen molar-refractivity contribution >= 4 is 29.2 Å². The van der Waals surface area contributed by atoms with E-state index >= 15 is 0 Å². The predicted octanol–water partition coefficient (Wildman–Crippen LogP) is 5.91. The van der Waals surface area contributed by atoms with Crippen molar-refractivity contribution < 1.29 is 5.32 Å². The Balaban J connectivity index is 1.62. The summed E-state index contributed by atoms with van der Waals surface area (Å²) in [5.41, 5.74) is 3.83. The fourth-order valence-electron chi connectivity index (χ4n) is 5.51. The highest BCUT2D eigenvalue weighted by molar-refractivity contribution is 6.42. The molecule has 2 aliphatic rings. The zero-order valence-electron chi connectivity index (χ0n) is 20.4. The molecule has 1 aliphatic carbocycles. The van der Waals surface area contributed by atoms with Crippen molar-refractivity contribution in [1.29, 1.82) is 0 Å². The molecule has 0 unspecified atom stereocenters. The summed E-state index contributed by atoms with van der Waals surface area (Å²) in [6.45, 7) is 5.40. The van der Waals surface area contributed by atoms with Crippen LogP contribution in [0.1, 0.15) is 70.0 Å². The molecule has 8 heteroatoms. The minimum atomic E-state index is 0.447. The number of imidazole rings is 1. The lowest BCUT2D eigenvalue weighted by Gasteiger charge is -2.23. The van der Waals surface area contributed by atoms with Crippen LogP contribution in [0.3, 0.4) is 0 Å². The van der Waals surface area contributed by atoms with E-state index in [1.54, 1.807) is 0 Å². The molecule has 0 bridgehead atoms. The second kappa shape index (κ2) is 11.3. The van der Waals surface area contributed by atoms with Crippen LogP contribution < -0.4 is 10.6 Å². The second-order valence-corrected chi connectivity index (χ2v) is 10.6.